The number of hydrogen-bond donors (Lipinski definition) is 0. The maximum atomic E-state index is 5.80. The van der Waals surface area contributed by atoms with Crippen LogP contribution in [0.3, 0.4) is 0 Å². The molecule has 0 aromatic carbocycles. The fourth-order valence-electron chi connectivity index (χ4n) is 1.96. The first-order valence-electron chi connectivity index (χ1n) is 5.14. The van der Waals surface area contributed by atoms with E-state index in [1.54, 1.807) is 0 Å². The van der Waals surface area contributed by atoms with E-state index in [1.165, 1.54) is 19.3 Å². The summed E-state index contributed by atoms with van der Waals surface area (Å²) in [6.07, 6.45) is 4.27. The van der Waals surface area contributed by atoms with E-state index in [-0.39, 0.29) is 0 Å². The predicted molar refractivity (Wildman–Crippen MR) is 52.2 cm³/mol. The summed E-state index contributed by atoms with van der Waals surface area (Å²) < 4.78 is 5.80. The second-order valence-corrected chi connectivity index (χ2v) is 5.08. The predicted octanol–water partition coefficient (Wildman–Crippen LogP) is 3.24. The van der Waals surface area contributed by atoms with Crippen molar-refractivity contribution in [2.45, 2.75) is 53.1 Å². The summed E-state index contributed by atoms with van der Waals surface area (Å²) in [7, 11) is 0. The van der Waals surface area contributed by atoms with Crippen LogP contribution in [0.25, 0.3) is 0 Å². The molecule has 0 radical (unpaired) electrons. The van der Waals surface area contributed by atoms with Gasteiger partial charge >= 0.3 is 0 Å². The highest BCUT2D eigenvalue weighted by Crippen LogP contribution is 2.36. The van der Waals surface area contributed by atoms with E-state index in [1.807, 2.05) is 0 Å². The molecule has 1 nitrogen and oxygen atoms in total. The summed E-state index contributed by atoms with van der Waals surface area (Å²) in [5.74, 6) is 0.757. The largest absolute Gasteiger partial charge is 0.378 e. The minimum Gasteiger partial charge on any atom is -0.378 e. The Bertz CT molecular complexity index is 138. The van der Waals surface area contributed by atoms with Crippen LogP contribution in [-0.4, -0.2) is 12.7 Å². The normalized spacial score (nSPS) is 29.2. The van der Waals surface area contributed by atoms with Crippen molar-refractivity contribution in [2.75, 3.05) is 6.61 Å². The van der Waals surface area contributed by atoms with E-state index >= 15 is 0 Å². The van der Waals surface area contributed by atoms with E-state index in [4.69, 9.17) is 4.74 Å². The molecule has 1 rings (SSSR count). The first kappa shape index (κ1) is 10.0. The van der Waals surface area contributed by atoms with E-state index < -0.39 is 0 Å². The Morgan fingerprint density at radius 3 is 2.58 bits per heavy atom. The van der Waals surface area contributed by atoms with Crippen molar-refractivity contribution in [3.8, 4) is 0 Å². The second-order valence-electron chi connectivity index (χ2n) is 5.08. The van der Waals surface area contributed by atoms with Crippen LogP contribution in [0.15, 0.2) is 0 Å². The maximum absolute atomic E-state index is 5.80. The maximum Gasteiger partial charge on any atom is 0.0628 e. The molecule has 0 aliphatic carbocycles. The lowest BCUT2D eigenvalue weighted by atomic mass is 9.77. The number of hydrogen-bond acceptors (Lipinski definition) is 1. The van der Waals surface area contributed by atoms with Gasteiger partial charge in [0.2, 0.25) is 0 Å². The summed E-state index contributed by atoms with van der Waals surface area (Å²) in [5, 5.41) is 0. The van der Waals surface area contributed by atoms with Crippen molar-refractivity contribution in [1.29, 1.82) is 0 Å². The molecule has 0 amide bonds. The van der Waals surface area contributed by atoms with Crippen molar-refractivity contribution in [3.05, 3.63) is 0 Å². The lowest BCUT2D eigenvalue weighted by molar-refractivity contribution is -0.0766. The molecule has 1 heterocycles. The highest BCUT2D eigenvalue weighted by atomic mass is 16.5. The highest BCUT2D eigenvalue weighted by molar-refractivity contribution is 4.82. The Morgan fingerprint density at radius 1 is 1.42 bits per heavy atom. The first-order valence-corrected chi connectivity index (χ1v) is 5.14. The fourth-order valence-corrected chi connectivity index (χ4v) is 1.96. The number of rotatable bonds is 2. The lowest BCUT2D eigenvalue weighted by Gasteiger charge is -2.39. The van der Waals surface area contributed by atoms with Gasteiger partial charge in [-0.15, -0.1) is 0 Å². The van der Waals surface area contributed by atoms with Crippen LogP contribution < -0.4 is 0 Å². The zero-order valence-corrected chi connectivity index (χ0v) is 8.89. The molecule has 1 fully saturated rings. The quantitative estimate of drug-likeness (QED) is 0.618. The van der Waals surface area contributed by atoms with Gasteiger partial charge in [0, 0.05) is 6.61 Å². The molecular formula is C11H22O. The molecule has 1 aliphatic heterocycles. The topological polar surface area (TPSA) is 9.23 Å². The van der Waals surface area contributed by atoms with Crippen molar-refractivity contribution in [3.63, 3.8) is 0 Å². The van der Waals surface area contributed by atoms with E-state index in [9.17, 15) is 0 Å². The minimum absolute atomic E-state index is 0.405. The van der Waals surface area contributed by atoms with Gasteiger partial charge in [0.25, 0.3) is 0 Å². The van der Waals surface area contributed by atoms with E-state index in [0.717, 1.165) is 12.5 Å². The van der Waals surface area contributed by atoms with Gasteiger partial charge in [0.15, 0.2) is 0 Å². The monoisotopic (exact) mass is 170 g/mol. The van der Waals surface area contributed by atoms with E-state index in [0.29, 0.717) is 11.5 Å². The molecule has 0 spiro atoms. The van der Waals surface area contributed by atoms with Gasteiger partial charge in [-0.25, -0.2) is 0 Å². The van der Waals surface area contributed by atoms with Gasteiger partial charge in [0.05, 0.1) is 6.10 Å². The average molecular weight is 170 g/mol. The van der Waals surface area contributed by atoms with Gasteiger partial charge in [-0.3, -0.25) is 0 Å². The molecule has 0 aromatic heterocycles. The molecule has 1 saturated heterocycles. The van der Waals surface area contributed by atoms with Crippen LogP contribution in [0, 0.1) is 11.3 Å². The van der Waals surface area contributed by atoms with Gasteiger partial charge in [-0.05, 0) is 30.6 Å². The molecule has 0 bridgehead atoms. The van der Waals surface area contributed by atoms with Crippen LogP contribution in [0.5, 0.6) is 0 Å². The summed E-state index contributed by atoms with van der Waals surface area (Å²) in [5.41, 5.74) is 0.405. The van der Waals surface area contributed by atoms with Crippen LogP contribution in [-0.2, 0) is 4.74 Å². The molecule has 1 atom stereocenters. The lowest BCUT2D eigenvalue weighted by Crippen LogP contribution is -2.37. The highest BCUT2D eigenvalue weighted by Gasteiger charge is 2.33. The third-order valence-electron chi connectivity index (χ3n) is 2.84. The third kappa shape index (κ3) is 2.48. The summed E-state index contributed by atoms with van der Waals surface area (Å²) in [6, 6.07) is 0. The minimum atomic E-state index is 0.405. The molecule has 1 heteroatoms. The second kappa shape index (κ2) is 3.78. The van der Waals surface area contributed by atoms with Crippen molar-refractivity contribution in [1.82, 2.24) is 0 Å². The van der Waals surface area contributed by atoms with Gasteiger partial charge < -0.3 is 4.74 Å². The molecular weight excluding hydrogens is 148 g/mol. The van der Waals surface area contributed by atoms with E-state index in [2.05, 4.69) is 27.7 Å². The third-order valence-corrected chi connectivity index (χ3v) is 2.84. The zero-order chi connectivity index (χ0) is 9.19. The Hall–Kier alpha value is -0.0400. The number of ether oxygens (including phenoxy) is 1. The SMILES string of the molecule is CC(C)CC1OCCCC1(C)C. The molecule has 12 heavy (non-hydrogen) atoms. The Kier molecular flexibility index (Phi) is 3.16. The van der Waals surface area contributed by atoms with Crippen molar-refractivity contribution < 1.29 is 4.74 Å². The Labute approximate surface area is 76.5 Å². The van der Waals surface area contributed by atoms with Crippen LogP contribution in [0.4, 0.5) is 0 Å². The standard InChI is InChI=1S/C11H22O/c1-9(2)8-10-11(3,4)6-5-7-12-10/h9-10H,5-8H2,1-4H3. The van der Waals surface area contributed by atoms with Crippen LogP contribution in [0.2, 0.25) is 0 Å². The smallest absolute Gasteiger partial charge is 0.0628 e. The first-order chi connectivity index (χ1) is 5.52. The van der Waals surface area contributed by atoms with Crippen molar-refractivity contribution in [2.24, 2.45) is 11.3 Å². The molecule has 0 N–H and O–H groups in total. The zero-order valence-electron chi connectivity index (χ0n) is 8.89. The van der Waals surface area contributed by atoms with Gasteiger partial charge in [-0.1, -0.05) is 27.7 Å². The molecule has 72 valence electrons. The van der Waals surface area contributed by atoms with Crippen molar-refractivity contribution >= 4 is 0 Å². The summed E-state index contributed by atoms with van der Waals surface area (Å²) >= 11 is 0. The molecule has 0 saturated carbocycles. The Morgan fingerprint density at radius 2 is 2.08 bits per heavy atom. The molecule has 1 unspecified atom stereocenters. The molecule has 1 aliphatic rings. The van der Waals surface area contributed by atoms with Gasteiger partial charge in [0.1, 0.15) is 0 Å². The average Bonchev–Trinajstić information content (AvgIpc) is 1.92. The fraction of sp³-hybridized carbons (Fsp3) is 1.00. The van der Waals surface area contributed by atoms with Gasteiger partial charge in [-0.2, -0.15) is 0 Å². The molecule has 0 aromatic rings. The van der Waals surface area contributed by atoms with Crippen LogP contribution >= 0.6 is 0 Å². The Balaban J connectivity index is 2.48. The van der Waals surface area contributed by atoms with Crippen LogP contribution in [0.1, 0.15) is 47.0 Å². The summed E-state index contributed by atoms with van der Waals surface area (Å²) in [4.78, 5) is 0. The summed E-state index contributed by atoms with van der Waals surface area (Å²) in [6.45, 7) is 10.2.